The van der Waals surface area contributed by atoms with Gasteiger partial charge in [-0.1, -0.05) is 20.3 Å². The Balaban J connectivity index is 2.08. The lowest BCUT2D eigenvalue weighted by molar-refractivity contribution is 0.0927. The van der Waals surface area contributed by atoms with E-state index in [4.69, 9.17) is 0 Å². The third-order valence-corrected chi connectivity index (χ3v) is 4.09. The van der Waals surface area contributed by atoms with E-state index in [1.54, 1.807) is 0 Å². The normalized spacial score (nSPS) is 49.2. The van der Waals surface area contributed by atoms with E-state index in [0.717, 1.165) is 23.7 Å². The molecule has 1 heterocycles. The van der Waals surface area contributed by atoms with E-state index in [2.05, 4.69) is 25.8 Å². The Morgan fingerprint density at radius 3 is 2.42 bits per heavy atom. The van der Waals surface area contributed by atoms with Gasteiger partial charge in [0.25, 0.3) is 0 Å². The minimum atomic E-state index is 0.943. The molecule has 0 N–H and O–H groups in total. The van der Waals surface area contributed by atoms with Crippen LogP contribution in [-0.2, 0) is 0 Å². The molecule has 1 nitrogen and oxygen atoms in total. The molecular formula is C11H21N. The molecule has 0 spiro atoms. The number of nitrogens with zero attached hydrogens (tertiary/aromatic N) is 1. The van der Waals surface area contributed by atoms with Crippen molar-refractivity contribution in [3.05, 3.63) is 0 Å². The van der Waals surface area contributed by atoms with Crippen LogP contribution >= 0.6 is 0 Å². The van der Waals surface area contributed by atoms with Gasteiger partial charge in [-0.2, -0.15) is 0 Å². The van der Waals surface area contributed by atoms with Crippen LogP contribution in [0.15, 0.2) is 0 Å². The summed E-state index contributed by atoms with van der Waals surface area (Å²) in [5, 5.41) is 0. The molecule has 2 aliphatic rings. The topological polar surface area (TPSA) is 3.24 Å². The minimum Gasteiger partial charge on any atom is -0.306 e. The Kier molecular flexibility index (Phi) is 2.16. The molecule has 0 amide bonds. The number of likely N-dealkylation sites (tertiary alicyclic amines) is 1. The molecule has 0 radical (unpaired) electrons. The Labute approximate surface area is 76.1 Å². The van der Waals surface area contributed by atoms with Gasteiger partial charge in [0, 0.05) is 13.1 Å². The van der Waals surface area contributed by atoms with Gasteiger partial charge in [-0.25, -0.2) is 0 Å². The van der Waals surface area contributed by atoms with Gasteiger partial charge in [0.15, 0.2) is 0 Å². The molecule has 0 bridgehead atoms. The maximum absolute atomic E-state index is 2.52. The summed E-state index contributed by atoms with van der Waals surface area (Å²) in [5.74, 6) is 3.99. The summed E-state index contributed by atoms with van der Waals surface area (Å²) < 4.78 is 0. The maximum Gasteiger partial charge on any atom is 0.00120 e. The summed E-state index contributed by atoms with van der Waals surface area (Å²) in [5.41, 5.74) is 0. The molecule has 70 valence electrons. The van der Waals surface area contributed by atoms with Crippen molar-refractivity contribution in [3.8, 4) is 0 Å². The summed E-state index contributed by atoms with van der Waals surface area (Å²) >= 11 is 0. The molecule has 1 aliphatic heterocycles. The van der Waals surface area contributed by atoms with Crippen molar-refractivity contribution in [2.45, 2.75) is 26.7 Å². The summed E-state index contributed by atoms with van der Waals surface area (Å²) in [6, 6.07) is 0. The number of hydrogen-bond donors (Lipinski definition) is 0. The summed E-state index contributed by atoms with van der Waals surface area (Å²) in [4.78, 5) is 2.52. The number of piperidine rings is 1. The fraction of sp³-hybridized carbons (Fsp3) is 1.00. The van der Waals surface area contributed by atoms with Crippen molar-refractivity contribution in [3.63, 3.8) is 0 Å². The van der Waals surface area contributed by atoms with Crippen LogP contribution in [0.25, 0.3) is 0 Å². The predicted molar refractivity (Wildman–Crippen MR) is 52.0 cm³/mol. The van der Waals surface area contributed by atoms with Gasteiger partial charge in [-0.05, 0) is 37.1 Å². The van der Waals surface area contributed by atoms with Crippen LogP contribution in [0.4, 0.5) is 0 Å². The fourth-order valence-electron chi connectivity index (χ4n) is 3.39. The molecule has 0 aromatic rings. The smallest absolute Gasteiger partial charge is 0.00120 e. The highest BCUT2D eigenvalue weighted by molar-refractivity contribution is 4.91. The van der Waals surface area contributed by atoms with Crippen LogP contribution in [0, 0.1) is 23.7 Å². The average molecular weight is 167 g/mol. The van der Waals surface area contributed by atoms with Gasteiger partial charge in [0.2, 0.25) is 0 Å². The summed E-state index contributed by atoms with van der Waals surface area (Å²) in [6.45, 7) is 7.56. The lowest BCUT2D eigenvalue weighted by Gasteiger charge is -2.39. The quantitative estimate of drug-likeness (QED) is 0.535. The van der Waals surface area contributed by atoms with Gasteiger partial charge >= 0.3 is 0 Å². The third-order valence-electron chi connectivity index (χ3n) is 4.09. The highest BCUT2D eigenvalue weighted by Crippen LogP contribution is 2.43. The zero-order valence-corrected chi connectivity index (χ0v) is 8.59. The molecule has 0 aromatic carbocycles. The lowest BCUT2D eigenvalue weighted by atomic mass is 9.79. The molecule has 2 rings (SSSR count). The molecule has 1 aliphatic carbocycles. The van der Waals surface area contributed by atoms with Crippen LogP contribution in [0.5, 0.6) is 0 Å². The van der Waals surface area contributed by atoms with Crippen molar-refractivity contribution >= 4 is 0 Å². The zero-order chi connectivity index (χ0) is 8.72. The Morgan fingerprint density at radius 1 is 0.917 bits per heavy atom. The van der Waals surface area contributed by atoms with Crippen LogP contribution in [0.3, 0.4) is 0 Å². The van der Waals surface area contributed by atoms with Crippen LogP contribution in [0.2, 0.25) is 0 Å². The first-order valence-corrected chi connectivity index (χ1v) is 5.37. The maximum atomic E-state index is 2.52. The Hall–Kier alpha value is -0.0400. The molecule has 1 heteroatoms. The first-order chi connectivity index (χ1) is 5.68. The molecular weight excluding hydrogens is 146 g/mol. The molecule has 2 fully saturated rings. The second kappa shape index (κ2) is 3.02. The average Bonchev–Trinajstić information content (AvgIpc) is 2.33. The van der Waals surface area contributed by atoms with E-state index in [1.807, 2.05) is 0 Å². The Bertz CT molecular complexity index is 166. The zero-order valence-electron chi connectivity index (χ0n) is 8.59. The lowest BCUT2D eigenvalue weighted by Crippen LogP contribution is -2.42. The van der Waals surface area contributed by atoms with Gasteiger partial charge in [-0.3, -0.25) is 0 Å². The molecule has 1 saturated heterocycles. The third kappa shape index (κ3) is 1.28. The van der Waals surface area contributed by atoms with Crippen LogP contribution in [-0.4, -0.2) is 25.0 Å². The highest BCUT2D eigenvalue weighted by atomic mass is 15.1. The molecule has 4 atom stereocenters. The highest BCUT2D eigenvalue weighted by Gasteiger charge is 2.40. The first-order valence-electron chi connectivity index (χ1n) is 5.37. The molecule has 1 saturated carbocycles. The predicted octanol–water partition coefficient (Wildman–Crippen LogP) is 2.23. The summed E-state index contributed by atoms with van der Waals surface area (Å²) in [7, 11) is 2.28. The second-order valence-electron chi connectivity index (χ2n) is 5.08. The molecule has 0 aromatic heterocycles. The number of hydrogen-bond acceptors (Lipinski definition) is 1. The molecule has 12 heavy (non-hydrogen) atoms. The van der Waals surface area contributed by atoms with E-state index in [0.29, 0.717) is 0 Å². The van der Waals surface area contributed by atoms with Crippen LogP contribution < -0.4 is 0 Å². The van der Waals surface area contributed by atoms with Gasteiger partial charge in [0.05, 0.1) is 0 Å². The van der Waals surface area contributed by atoms with Crippen molar-refractivity contribution in [1.82, 2.24) is 4.90 Å². The SMILES string of the molecule is C[C@@H]1CC[C@H]2[C@H]1CN(C)C[C@@H]2C. The number of fused-ring (bicyclic) bond motifs is 1. The fourth-order valence-corrected chi connectivity index (χ4v) is 3.39. The van der Waals surface area contributed by atoms with Crippen molar-refractivity contribution in [1.29, 1.82) is 0 Å². The standard InChI is InChI=1S/C11H21N/c1-8-4-5-10-9(2)6-12(3)7-11(8)10/h8-11H,4-7H2,1-3H3/t8-,9+,10-,11+/m1/s1. The van der Waals surface area contributed by atoms with Crippen molar-refractivity contribution in [2.75, 3.05) is 20.1 Å². The van der Waals surface area contributed by atoms with E-state index in [9.17, 15) is 0 Å². The minimum absolute atomic E-state index is 0.943. The summed E-state index contributed by atoms with van der Waals surface area (Å²) in [6.07, 6.45) is 2.98. The van der Waals surface area contributed by atoms with Crippen LogP contribution in [0.1, 0.15) is 26.7 Å². The Morgan fingerprint density at radius 2 is 1.67 bits per heavy atom. The van der Waals surface area contributed by atoms with E-state index < -0.39 is 0 Å². The monoisotopic (exact) mass is 167 g/mol. The van der Waals surface area contributed by atoms with Crippen molar-refractivity contribution < 1.29 is 0 Å². The van der Waals surface area contributed by atoms with E-state index in [-0.39, 0.29) is 0 Å². The van der Waals surface area contributed by atoms with E-state index >= 15 is 0 Å². The molecule has 0 unspecified atom stereocenters. The van der Waals surface area contributed by atoms with Gasteiger partial charge < -0.3 is 4.90 Å². The van der Waals surface area contributed by atoms with E-state index in [1.165, 1.54) is 25.9 Å². The largest absolute Gasteiger partial charge is 0.306 e. The number of rotatable bonds is 0. The van der Waals surface area contributed by atoms with Crippen molar-refractivity contribution in [2.24, 2.45) is 23.7 Å². The second-order valence-corrected chi connectivity index (χ2v) is 5.08. The van der Waals surface area contributed by atoms with Gasteiger partial charge in [-0.15, -0.1) is 0 Å². The van der Waals surface area contributed by atoms with Gasteiger partial charge in [0.1, 0.15) is 0 Å². The first kappa shape index (κ1) is 8.55.